The lowest BCUT2D eigenvalue weighted by molar-refractivity contribution is 0.0963. The highest BCUT2D eigenvalue weighted by molar-refractivity contribution is 14.0. The van der Waals surface area contributed by atoms with Crippen LogP contribution in [0.3, 0.4) is 0 Å². The molecule has 1 heterocycles. The minimum atomic E-state index is -0.210. The summed E-state index contributed by atoms with van der Waals surface area (Å²) in [6.45, 7) is 7.18. The number of halogens is 1. The number of piperidine rings is 1. The van der Waals surface area contributed by atoms with Gasteiger partial charge < -0.3 is 20.3 Å². The number of carbonyl (C=O) groups is 1. The predicted molar refractivity (Wildman–Crippen MR) is 129 cm³/mol. The van der Waals surface area contributed by atoms with Crippen molar-refractivity contribution in [2.45, 2.75) is 39.3 Å². The van der Waals surface area contributed by atoms with E-state index in [0.29, 0.717) is 32.3 Å². The molecule has 0 unspecified atom stereocenters. The van der Waals surface area contributed by atoms with E-state index in [1.54, 1.807) is 4.90 Å². The SMILES string of the molecule is CCNC(=NCc1ccc2ccccc2c1)NC1CCN(C(=O)OCC)CC1.I. The molecule has 1 aliphatic heterocycles. The summed E-state index contributed by atoms with van der Waals surface area (Å²) in [7, 11) is 0. The lowest BCUT2D eigenvalue weighted by Crippen LogP contribution is -2.49. The van der Waals surface area contributed by atoms with Gasteiger partial charge in [-0.2, -0.15) is 0 Å². The van der Waals surface area contributed by atoms with Gasteiger partial charge in [0.15, 0.2) is 5.96 Å². The van der Waals surface area contributed by atoms with Crippen LogP contribution in [0.4, 0.5) is 4.79 Å². The number of benzene rings is 2. The van der Waals surface area contributed by atoms with Gasteiger partial charge in [-0.3, -0.25) is 0 Å². The van der Waals surface area contributed by atoms with Crippen molar-refractivity contribution in [2.75, 3.05) is 26.2 Å². The van der Waals surface area contributed by atoms with Crippen molar-refractivity contribution in [3.8, 4) is 0 Å². The van der Waals surface area contributed by atoms with Crippen LogP contribution in [0.1, 0.15) is 32.3 Å². The number of rotatable bonds is 5. The normalized spacial score (nSPS) is 15.0. The Balaban J connectivity index is 0.00000300. The molecule has 6 nitrogen and oxygen atoms in total. The largest absolute Gasteiger partial charge is 0.450 e. The monoisotopic (exact) mass is 510 g/mol. The summed E-state index contributed by atoms with van der Waals surface area (Å²) in [5.41, 5.74) is 1.19. The van der Waals surface area contributed by atoms with Gasteiger partial charge in [0, 0.05) is 25.7 Å². The summed E-state index contributed by atoms with van der Waals surface area (Å²) in [5.74, 6) is 0.824. The number of amides is 1. The number of likely N-dealkylation sites (tertiary alicyclic amines) is 1. The van der Waals surface area contributed by atoms with E-state index in [-0.39, 0.29) is 30.1 Å². The minimum Gasteiger partial charge on any atom is -0.450 e. The topological polar surface area (TPSA) is 66.0 Å². The van der Waals surface area contributed by atoms with Crippen molar-refractivity contribution in [3.05, 3.63) is 48.0 Å². The molecule has 1 amide bonds. The van der Waals surface area contributed by atoms with Crippen molar-refractivity contribution in [2.24, 2.45) is 4.99 Å². The third-order valence-electron chi connectivity index (χ3n) is 4.94. The molecule has 0 bridgehead atoms. The van der Waals surface area contributed by atoms with Crippen LogP contribution < -0.4 is 10.6 Å². The highest BCUT2D eigenvalue weighted by atomic mass is 127. The zero-order valence-corrected chi connectivity index (χ0v) is 19.5. The molecule has 2 N–H and O–H groups in total. The Bertz CT molecular complexity index is 819. The average Bonchev–Trinajstić information content (AvgIpc) is 2.73. The highest BCUT2D eigenvalue weighted by Gasteiger charge is 2.24. The maximum Gasteiger partial charge on any atom is 0.409 e. The van der Waals surface area contributed by atoms with Crippen molar-refractivity contribution >= 4 is 46.8 Å². The molecule has 1 saturated heterocycles. The quantitative estimate of drug-likeness (QED) is 0.361. The van der Waals surface area contributed by atoms with Crippen LogP contribution in [0.15, 0.2) is 47.5 Å². The third-order valence-corrected chi connectivity index (χ3v) is 4.94. The predicted octanol–water partition coefficient (Wildman–Crippen LogP) is 4.13. The van der Waals surface area contributed by atoms with Crippen LogP contribution in [0.5, 0.6) is 0 Å². The number of nitrogens with one attached hydrogen (secondary N) is 2. The van der Waals surface area contributed by atoms with Crippen LogP contribution in [0.25, 0.3) is 10.8 Å². The van der Waals surface area contributed by atoms with Gasteiger partial charge in [-0.25, -0.2) is 9.79 Å². The fourth-order valence-electron chi connectivity index (χ4n) is 3.44. The molecular formula is C22H31IN4O2. The van der Waals surface area contributed by atoms with E-state index in [1.165, 1.54) is 16.3 Å². The second-order valence-corrected chi connectivity index (χ2v) is 6.98. The Morgan fingerprint density at radius 1 is 1.14 bits per heavy atom. The number of hydrogen-bond acceptors (Lipinski definition) is 3. The third kappa shape index (κ3) is 6.76. The Kier molecular flexibility index (Phi) is 9.50. The first-order chi connectivity index (χ1) is 13.7. The van der Waals surface area contributed by atoms with Crippen molar-refractivity contribution < 1.29 is 9.53 Å². The first-order valence-corrected chi connectivity index (χ1v) is 10.1. The lowest BCUT2D eigenvalue weighted by atomic mass is 10.1. The average molecular weight is 510 g/mol. The molecule has 0 aliphatic carbocycles. The van der Waals surface area contributed by atoms with Gasteiger partial charge in [0.1, 0.15) is 0 Å². The molecule has 7 heteroatoms. The van der Waals surface area contributed by atoms with Gasteiger partial charge in [-0.1, -0.05) is 36.4 Å². The molecule has 29 heavy (non-hydrogen) atoms. The van der Waals surface area contributed by atoms with E-state index in [1.807, 2.05) is 6.92 Å². The van der Waals surface area contributed by atoms with Crippen molar-refractivity contribution in [3.63, 3.8) is 0 Å². The minimum absolute atomic E-state index is 0. The van der Waals surface area contributed by atoms with Crippen molar-refractivity contribution in [1.29, 1.82) is 0 Å². The van der Waals surface area contributed by atoms with E-state index in [4.69, 9.17) is 9.73 Å². The first kappa shape index (κ1) is 23.3. The molecule has 158 valence electrons. The standard InChI is InChI=1S/C22H30N4O2.HI/c1-3-23-21(25-20-11-13-26(14-12-20)22(27)28-4-2)24-16-17-9-10-18-7-5-6-8-19(18)15-17;/h5-10,15,20H,3-4,11-14,16H2,1-2H3,(H2,23,24,25);1H. The number of carbonyl (C=O) groups excluding carboxylic acids is 1. The molecule has 1 aliphatic rings. The number of ether oxygens (including phenoxy) is 1. The zero-order valence-electron chi connectivity index (χ0n) is 17.2. The molecule has 0 atom stereocenters. The molecule has 1 fully saturated rings. The van der Waals surface area contributed by atoms with E-state index in [2.05, 4.69) is 60.0 Å². The maximum atomic E-state index is 11.8. The Labute approximate surface area is 190 Å². The molecule has 0 radical (unpaired) electrons. The van der Waals surface area contributed by atoms with Crippen LogP contribution in [0.2, 0.25) is 0 Å². The fourth-order valence-corrected chi connectivity index (χ4v) is 3.44. The van der Waals surface area contributed by atoms with Crippen molar-refractivity contribution in [1.82, 2.24) is 15.5 Å². The lowest BCUT2D eigenvalue weighted by Gasteiger charge is -2.32. The van der Waals surface area contributed by atoms with Gasteiger partial charge in [-0.05, 0) is 49.1 Å². The summed E-state index contributed by atoms with van der Waals surface area (Å²) >= 11 is 0. The smallest absolute Gasteiger partial charge is 0.409 e. The Morgan fingerprint density at radius 3 is 2.55 bits per heavy atom. The van der Waals surface area contributed by atoms with E-state index in [0.717, 1.165) is 25.3 Å². The number of hydrogen-bond donors (Lipinski definition) is 2. The Hall–Kier alpha value is -2.03. The number of aliphatic imine (C=N–C) groups is 1. The Morgan fingerprint density at radius 2 is 1.86 bits per heavy atom. The molecule has 0 spiro atoms. The van der Waals surface area contributed by atoms with Gasteiger partial charge >= 0.3 is 6.09 Å². The van der Waals surface area contributed by atoms with Gasteiger partial charge in [0.05, 0.1) is 13.2 Å². The first-order valence-electron chi connectivity index (χ1n) is 10.1. The van der Waals surface area contributed by atoms with Gasteiger partial charge in [0.2, 0.25) is 0 Å². The molecule has 2 aromatic carbocycles. The summed E-state index contributed by atoms with van der Waals surface area (Å²) in [4.78, 5) is 18.4. The van der Waals surface area contributed by atoms with E-state index >= 15 is 0 Å². The molecule has 2 aromatic rings. The summed E-state index contributed by atoms with van der Waals surface area (Å²) in [5, 5.41) is 9.32. The van der Waals surface area contributed by atoms with Crippen LogP contribution >= 0.6 is 24.0 Å². The van der Waals surface area contributed by atoms with Crippen LogP contribution in [-0.4, -0.2) is 49.2 Å². The van der Waals surface area contributed by atoms with Gasteiger partial charge in [0.25, 0.3) is 0 Å². The second-order valence-electron chi connectivity index (χ2n) is 6.98. The number of guanidine groups is 1. The fraction of sp³-hybridized carbons (Fsp3) is 0.455. The molecular weight excluding hydrogens is 479 g/mol. The number of fused-ring (bicyclic) bond motifs is 1. The highest BCUT2D eigenvalue weighted by Crippen LogP contribution is 2.16. The molecule has 3 rings (SSSR count). The van der Waals surface area contributed by atoms with Crippen LogP contribution in [0, 0.1) is 0 Å². The zero-order chi connectivity index (χ0) is 19.8. The van der Waals surface area contributed by atoms with E-state index in [9.17, 15) is 4.79 Å². The van der Waals surface area contributed by atoms with E-state index < -0.39 is 0 Å². The summed E-state index contributed by atoms with van der Waals surface area (Å²) in [6, 6.07) is 15.1. The molecule has 0 aromatic heterocycles. The second kappa shape index (κ2) is 11.8. The molecule has 0 saturated carbocycles. The summed E-state index contributed by atoms with van der Waals surface area (Å²) < 4.78 is 5.08. The number of nitrogens with zero attached hydrogens (tertiary/aromatic N) is 2. The van der Waals surface area contributed by atoms with Gasteiger partial charge in [-0.15, -0.1) is 24.0 Å². The maximum absolute atomic E-state index is 11.8. The van der Waals surface area contributed by atoms with Crippen LogP contribution in [-0.2, 0) is 11.3 Å². The summed E-state index contributed by atoms with van der Waals surface area (Å²) in [6.07, 6.45) is 1.57.